The van der Waals surface area contributed by atoms with Crippen molar-refractivity contribution in [1.29, 1.82) is 0 Å². The summed E-state index contributed by atoms with van der Waals surface area (Å²) in [5.74, 6) is -3.61. The van der Waals surface area contributed by atoms with Gasteiger partial charge in [-0.3, -0.25) is 14.9 Å². The average molecular weight is 280 g/mol. The molecule has 1 aliphatic carbocycles. The van der Waals surface area contributed by atoms with Gasteiger partial charge in [0.15, 0.2) is 0 Å². The maximum atomic E-state index is 13.8. The Labute approximate surface area is 112 Å². The highest BCUT2D eigenvalue weighted by molar-refractivity contribution is 6.30. The van der Waals surface area contributed by atoms with Gasteiger partial charge in [-0.1, -0.05) is 12.5 Å². The number of hydrogen-bond acceptors (Lipinski definition) is 3. The van der Waals surface area contributed by atoms with Crippen LogP contribution in [0.25, 0.3) is 0 Å². The Hall–Kier alpha value is -2.31. The number of nitrogens with zero attached hydrogens (tertiary/aromatic N) is 1. The van der Waals surface area contributed by atoms with Gasteiger partial charge >= 0.3 is 6.03 Å². The second-order valence-electron chi connectivity index (χ2n) is 4.91. The normalized spacial score (nSPS) is 20.9. The lowest BCUT2D eigenvalue weighted by atomic mass is 9.66. The number of anilines is 1. The van der Waals surface area contributed by atoms with Gasteiger partial charge in [-0.2, -0.15) is 0 Å². The Kier molecular flexibility index (Phi) is 2.60. The lowest BCUT2D eigenvalue weighted by Gasteiger charge is -2.44. The van der Waals surface area contributed by atoms with Crippen molar-refractivity contribution in [3.63, 3.8) is 0 Å². The Morgan fingerprint density at radius 3 is 2.20 bits per heavy atom. The van der Waals surface area contributed by atoms with Gasteiger partial charge in [0.1, 0.15) is 22.7 Å². The van der Waals surface area contributed by atoms with Gasteiger partial charge in [0.05, 0.1) is 0 Å². The molecule has 0 aromatic heterocycles. The molecule has 0 atom stereocenters. The molecular weight excluding hydrogens is 270 g/mol. The third-order valence-corrected chi connectivity index (χ3v) is 3.84. The van der Waals surface area contributed by atoms with E-state index in [4.69, 9.17) is 0 Å². The minimum absolute atomic E-state index is 0.275. The van der Waals surface area contributed by atoms with Crippen molar-refractivity contribution in [2.75, 3.05) is 4.90 Å². The number of imide groups is 2. The zero-order chi connectivity index (χ0) is 14.5. The predicted molar refractivity (Wildman–Crippen MR) is 63.7 cm³/mol. The smallest absolute Gasteiger partial charge is 0.276 e. The third-order valence-electron chi connectivity index (χ3n) is 3.84. The molecule has 1 N–H and O–H groups in total. The van der Waals surface area contributed by atoms with E-state index in [9.17, 15) is 23.2 Å². The van der Waals surface area contributed by atoms with Gasteiger partial charge in [-0.15, -0.1) is 0 Å². The van der Waals surface area contributed by atoms with Crippen molar-refractivity contribution in [3.05, 3.63) is 29.8 Å². The summed E-state index contributed by atoms with van der Waals surface area (Å²) in [6, 6.07) is 1.90. The third kappa shape index (κ3) is 1.49. The molecule has 1 spiro atoms. The molecule has 5 nitrogen and oxygen atoms in total. The van der Waals surface area contributed by atoms with Crippen LogP contribution < -0.4 is 10.2 Å². The molecule has 20 heavy (non-hydrogen) atoms. The number of halogens is 2. The molecule has 1 aromatic rings. The topological polar surface area (TPSA) is 66.5 Å². The van der Waals surface area contributed by atoms with Gasteiger partial charge in [-0.25, -0.2) is 18.5 Å². The van der Waals surface area contributed by atoms with Crippen LogP contribution in [0.15, 0.2) is 18.2 Å². The summed E-state index contributed by atoms with van der Waals surface area (Å²) < 4.78 is 27.5. The summed E-state index contributed by atoms with van der Waals surface area (Å²) in [6.07, 6.45) is 1.20. The molecule has 1 saturated heterocycles. The number of hydrogen-bond donors (Lipinski definition) is 1. The monoisotopic (exact) mass is 280 g/mol. The first-order valence-electron chi connectivity index (χ1n) is 6.11. The zero-order valence-corrected chi connectivity index (χ0v) is 10.3. The van der Waals surface area contributed by atoms with Crippen LogP contribution in [-0.4, -0.2) is 17.8 Å². The molecule has 104 valence electrons. The van der Waals surface area contributed by atoms with Crippen molar-refractivity contribution >= 4 is 23.5 Å². The van der Waals surface area contributed by atoms with Crippen molar-refractivity contribution in [1.82, 2.24) is 5.32 Å². The Morgan fingerprint density at radius 1 is 1.10 bits per heavy atom. The molecule has 1 heterocycles. The quantitative estimate of drug-likeness (QED) is 0.796. The minimum atomic E-state index is -1.36. The van der Waals surface area contributed by atoms with Gasteiger partial charge in [-0.05, 0) is 25.0 Å². The highest BCUT2D eigenvalue weighted by atomic mass is 19.1. The highest BCUT2D eigenvalue weighted by Gasteiger charge is 2.58. The van der Waals surface area contributed by atoms with E-state index in [1.807, 2.05) is 5.32 Å². The van der Waals surface area contributed by atoms with E-state index < -0.39 is 40.6 Å². The number of carbonyl (C=O) groups excluding carboxylic acids is 3. The average Bonchev–Trinajstić information content (AvgIpc) is 2.30. The molecular formula is C13H10F2N2O3. The van der Waals surface area contributed by atoms with Crippen LogP contribution in [0.2, 0.25) is 0 Å². The number of urea groups is 1. The number of benzene rings is 1. The number of amides is 4. The van der Waals surface area contributed by atoms with Crippen LogP contribution in [0.4, 0.5) is 19.3 Å². The van der Waals surface area contributed by atoms with Crippen molar-refractivity contribution in [2.45, 2.75) is 19.3 Å². The van der Waals surface area contributed by atoms with Gasteiger partial charge in [0, 0.05) is 0 Å². The van der Waals surface area contributed by atoms with Crippen LogP contribution in [-0.2, 0) is 9.59 Å². The fourth-order valence-corrected chi connectivity index (χ4v) is 2.55. The molecule has 1 saturated carbocycles. The van der Waals surface area contributed by atoms with Crippen LogP contribution >= 0.6 is 0 Å². The molecule has 0 bridgehead atoms. The summed E-state index contributed by atoms with van der Waals surface area (Å²) in [4.78, 5) is 36.3. The molecule has 0 unspecified atom stereocenters. The summed E-state index contributed by atoms with van der Waals surface area (Å²) in [5, 5.41) is 2.00. The SMILES string of the molecule is O=C1NC(=O)C2(CCC2)C(=O)N1c1c(F)cccc1F. The molecule has 1 aromatic carbocycles. The van der Waals surface area contributed by atoms with Crippen molar-refractivity contribution < 1.29 is 23.2 Å². The molecule has 2 fully saturated rings. The largest absolute Gasteiger partial charge is 0.335 e. The van der Waals surface area contributed by atoms with E-state index in [0.29, 0.717) is 11.3 Å². The summed E-state index contributed by atoms with van der Waals surface area (Å²) >= 11 is 0. The second-order valence-corrected chi connectivity index (χ2v) is 4.91. The van der Waals surface area contributed by atoms with Gasteiger partial charge in [0.2, 0.25) is 5.91 Å². The lowest BCUT2D eigenvalue weighted by Crippen LogP contribution is -2.66. The minimum Gasteiger partial charge on any atom is -0.276 e. The summed E-state index contributed by atoms with van der Waals surface area (Å²) in [6.45, 7) is 0. The lowest BCUT2D eigenvalue weighted by molar-refractivity contribution is -0.148. The summed E-state index contributed by atoms with van der Waals surface area (Å²) in [7, 11) is 0. The zero-order valence-electron chi connectivity index (χ0n) is 10.3. The number of barbiturate groups is 1. The first kappa shape index (κ1) is 12.7. The van der Waals surface area contributed by atoms with Gasteiger partial charge < -0.3 is 0 Å². The van der Waals surface area contributed by atoms with E-state index in [2.05, 4.69) is 0 Å². The molecule has 2 aliphatic rings. The fourth-order valence-electron chi connectivity index (χ4n) is 2.55. The van der Waals surface area contributed by atoms with E-state index in [1.54, 1.807) is 0 Å². The number of para-hydroxylation sites is 1. The first-order valence-corrected chi connectivity index (χ1v) is 6.11. The summed E-state index contributed by atoms with van der Waals surface area (Å²) in [5.41, 5.74) is -2.10. The van der Waals surface area contributed by atoms with E-state index in [0.717, 1.165) is 18.2 Å². The molecule has 3 rings (SSSR count). The van der Waals surface area contributed by atoms with Crippen LogP contribution in [0, 0.1) is 17.0 Å². The van der Waals surface area contributed by atoms with E-state index >= 15 is 0 Å². The van der Waals surface area contributed by atoms with Gasteiger partial charge in [0.25, 0.3) is 5.91 Å². The van der Waals surface area contributed by atoms with Crippen molar-refractivity contribution in [3.8, 4) is 0 Å². The van der Waals surface area contributed by atoms with Crippen LogP contribution in [0.1, 0.15) is 19.3 Å². The second kappa shape index (κ2) is 4.09. The number of nitrogens with one attached hydrogen (secondary N) is 1. The van der Waals surface area contributed by atoms with Crippen LogP contribution in [0.5, 0.6) is 0 Å². The van der Waals surface area contributed by atoms with E-state index in [1.165, 1.54) is 0 Å². The molecule has 0 radical (unpaired) electrons. The predicted octanol–water partition coefficient (Wildman–Crippen LogP) is 1.72. The van der Waals surface area contributed by atoms with Crippen LogP contribution in [0.3, 0.4) is 0 Å². The van der Waals surface area contributed by atoms with Crippen molar-refractivity contribution in [2.24, 2.45) is 5.41 Å². The maximum absolute atomic E-state index is 13.8. The standard InChI is InChI=1S/C13H10F2N2O3/c14-7-3-1-4-8(15)9(7)17-11(19)13(5-2-6-13)10(18)16-12(17)20/h1,3-4H,2,5-6H2,(H,16,18,20). The maximum Gasteiger partial charge on any atom is 0.335 e. The molecule has 1 aliphatic heterocycles. The number of rotatable bonds is 1. The number of carbonyl (C=O) groups is 3. The fraction of sp³-hybridized carbons (Fsp3) is 0.308. The Balaban J connectivity index is 2.11. The Morgan fingerprint density at radius 2 is 1.70 bits per heavy atom. The highest BCUT2D eigenvalue weighted by Crippen LogP contribution is 2.45. The molecule has 4 amide bonds. The molecule has 7 heteroatoms. The first-order chi connectivity index (χ1) is 9.47. The Bertz CT molecular complexity index is 620. The van der Waals surface area contributed by atoms with E-state index in [-0.39, 0.29) is 12.8 Å².